The van der Waals surface area contributed by atoms with E-state index in [0.29, 0.717) is 0 Å². The number of hydrogen-bond acceptors (Lipinski definition) is 2. The number of ether oxygens (including phenoxy) is 1. The van der Waals surface area contributed by atoms with Crippen molar-refractivity contribution in [2.75, 3.05) is 6.54 Å². The Bertz CT molecular complexity index is 438. The second-order valence-electron chi connectivity index (χ2n) is 5.07. The van der Waals surface area contributed by atoms with Crippen LogP contribution in [0.2, 0.25) is 0 Å². The predicted molar refractivity (Wildman–Crippen MR) is 83.8 cm³/mol. The van der Waals surface area contributed by atoms with Crippen molar-refractivity contribution in [1.82, 2.24) is 5.32 Å². The third kappa shape index (κ3) is 6.98. The minimum atomic E-state index is -0.0451. The highest BCUT2D eigenvalue weighted by Crippen LogP contribution is 2.15. The van der Waals surface area contributed by atoms with Crippen molar-refractivity contribution >= 4 is 12.0 Å². The van der Waals surface area contributed by atoms with E-state index in [1.54, 1.807) is 6.08 Å². The van der Waals surface area contributed by atoms with Crippen LogP contribution in [0.4, 0.5) is 0 Å². The lowest BCUT2D eigenvalue weighted by Gasteiger charge is -2.09. The summed E-state index contributed by atoms with van der Waals surface area (Å²) in [5.74, 6) is 0.779. The maximum absolute atomic E-state index is 11.6. The molecule has 20 heavy (non-hydrogen) atoms. The van der Waals surface area contributed by atoms with Gasteiger partial charge in [-0.2, -0.15) is 0 Å². The Hall–Kier alpha value is -1.77. The van der Waals surface area contributed by atoms with E-state index in [0.717, 1.165) is 37.1 Å². The summed E-state index contributed by atoms with van der Waals surface area (Å²) >= 11 is 0. The first-order chi connectivity index (χ1) is 9.61. The SMILES string of the molecule is CCCCCNC(=O)/C=C/c1cccc(OC(C)C)c1. The van der Waals surface area contributed by atoms with Crippen molar-refractivity contribution in [1.29, 1.82) is 0 Å². The number of hydrogen-bond donors (Lipinski definition) is 1. The molecule has 0 saturated carbocycles. The van der Waals surface area contributed by atoms with Crippen LogP contribution < -0.4 is 10.1 Å². The Kier molecular flexibility index (Phi) is 7.48. The number of carbonyl (C=O) groups excluding carboxylic acids is 1. The van der Waals surface area contributed by atoms with Crippen LogP contribution in [0.25, 0.3) is 6.08 Å². The molecule has 1 N–H and O–H groups in total. The molecule has 110 valence electrons. The average molecular weight is 275 g/mol. The average Bonchev–Trinajstić information content (AvgIpc) is 2.41. The summed E-state index contributed by atoms with van der Waals surface area (Å²) in [6.45, 7) is 6.87. The minimum absolute atomic E-state index is 0.0451. The zero-order valence-corrected chi connectivity index (χ0v) is 12.7. The fourth-order valence-corrected chi connectivity index (χ4v) is 1.78. The smallest absolute Gasteiger partial charge is 0.243 e. The predicted octanol–water partition coefficient (Wildman–Crippen LogP) is 3.79. The molecule has 0 radical (unpaired) electrons. The van der Waals surface area contributed by atoms with Gasteiger partial charge in [-0.15, -0.1) is 0 Å². The van der Waals surface area contributed by atoms with Crippen molar-refractivity contribution < 1.29 is 9.53 Å². The van der Waals surface area contributed by atoms with Gasteiger partial charge in [-0.25, -0.2) is 0 Å². The highest BCUT2D eigenvalue weighted by atomic mass is 16.5. The van der Waals surface area contributed by atoms with Crippen molar-refractivity contribution in [2.24, 2.45) is 0 Å². The van der Waals surface area contributed by atoms with Crippen molar-refractivity contribution in [3.8, 4) is 5.75 Å². The normalized spacial score (nSPS) is 11.0. The van der Waals surface area contributed by atoms with Crippen LogP contribution in [-0.2, 0) is 4.79 Å². The van der Waals surface area contributed by atoms with Gasteiger partial charge in [-0.3, -0.25) is 4.79 Å². The van der Waals surface area contributed by atoms with Crippen LogP contribution in [-0.4, -0.2) is 18.6 Å². The van der Waals surface area contributed by atoms with Gasteiger partial charge in [0.05, 0.1) is 6.10 Å². The first kappa shape index (κ1) is 16.3. The lowest BCUT2D eigenvalue weighted by molar-refractivity contribution is -0.116. The monoisotopic (exact) mass is 275 g/mol. The summed E-state index contributed by atoms with van der Waals surface area (Å²) in [6.07, 6.45) is 6.87. The van der Waals surface area contributed by atoms with Crippen molar-refractivity contribution in [3.63, 3.8) is 0 Å². The molecule has 0 bridgehead atoms. The van der Waals surface area contributed by atoms with Gasteiger partial charge >= 0.3 is 0 Å². The third-order valence-corrected chi connectivity index (χ3v) is 2.74. The standard InChI is InChI=1S/C17H25NO2/c1-4-5-6-12-18-17(19)11-10-15-8-7-9-16(13-15)20-14(2)3/h7-11,13-14H,4-6,12H2,1-3H3,(H,18,19)/b11-10+. The van der Waals surface area contributed by atoms with E-state index < -0.39 is 0 Å². The Balaban J connectivity index is 2.46. The zero-order valence-electron chi connectivity index (χ0n) is 12.7. The second-order valence-corrected chi connectivity index (χ2v) is 5.07. The van der Waals surface area contributed by atoms with Gasteiger partial charge in [0.25, 0.3) is 0 Å². The van der Waals surface area contributed by atoms with E-state index in [4.69, 9.17) is 4.74 Å². The maximum atomic E-state index is 11.6. The fourth-order valence-electron chi connectivity index (χ4n) is 1.78. The van der Waals surface area contributed by atoms with Gasteiger partial charge in [-0.1, -0.05) is 31.9 Å². The molecule has 0 aliphatic rings. The molecule has 0 saturated heterocycles. The van der Waals surface area contributed by atoms with E-state index in [2.05, 4.69) is 12.2 Å². The second kappa shape index (κ2) is 9.18. The molecule has 1 amide bonds. The summed E-state index contributed by atoms with van der Waals surface area (Å²) in [4.78, 5) is 11.6. The molecule has 0 atom stereocenters. The van der Waals surface area contributed by atoms with Gasteiger partial charge in [0, 0.05) is 12.6 Å². The van der Waals surface area contributed by atoms with E-state index >= 15 is 0 Å². The molecule has 3 heteroatoms. The quantitative estimate of drug-likeness (QED) is 0.579. The summed E-state index contributed by atoms with van der Waals surface area (Å²) < 4.78 is 5.62. The summed E-state index contributed by atoms with van der Waals surface area (Å²) in [5, 5.41) is 2.88. The van der Waals surface area contributed by atoms with E-state index in [9.17, 15) is 4.79 Å². The van der Waals surface area contributed by atoms with Gasteiger partial charge < -0.3 is 10.1 Å². The molecule has 0 aliphatic carbocycles. The van der Waals surface area contributed by atoms with Crippen molar-refractivity contribution in [2.45, 2.75) is 46.1 Å². The first-order valence-electron chi connectivity index (χ1n) is 7.34. The van der Waals surface area contributed by atoms with Gasteiger partial charge in [0.15, 0.2) is 0 Å². The Morgan fingerprint density at radius 3 is 2.85 bits per heavy atom. The number of amides is 1. The van der Waals surface area contributed by atoms with Crippen LogP contribution in [0.1, 0.15) is 45.6 Å². The van der Waals surface area contributed by atoms with E-state index in [-0.39, 0.29) is 12.0 Å². The molecular weight excluding hydrogens is 250 g/mol. The molecule has 3 nitrogen and oxygen atoms in total. The Labute approximate surface area is 122 Å². The zero-order chi connectivity index (χ0) is 14.8. The molecule has 0 spiro atoms. The molecule has 0 aliphatic heterocycles. The number of nitrogens with one attached hydrogen (secondary N) is 1. The summed E-state index contributed by atoms with van der Waals surface area (Å²) in [7, 11) is 0. The molecule has 0 heterocycles. The minimum Gasteiger partial charge on any atom is -0.491 e. The topological polar surface area (TPSA) is 38.3 Å². The first-order valence-corrected chi connectivity index (χ1v) is 7.34. The Morgan fingerprint density at radius 2 is 2.15 bits per heavy atom. The molecule has 1 rings (SSSR count). The van der Waals surface area contributed by atoms with E-state index in [1.807, 2.05) is 44.2 Å². The number of carbonyl (C=O) groups is 1. The molecule has 1 aromatic carbocycles. The van der Waals surface area contributed by atoms with Crippen LogP contribution >= 0.6 is 0 Å². The van der Waals surface area contributed by atoms with Gasteiger partial charge in [0.2, 0.25) is 5.91 Å². The number of benzene rings is 1. The summed E-state index contributed by atoms with van der Waals surface area (Å²) in [5.41, 5.74) is 0.965. The highest BCUT2D eigenvalue weighted by Gasteiger charge is 1.98. The van der Waals surface area contributed by atoms with E-state index in [1.165, 1.54) is 0 Å². The van der Waals surface area contributed by atoms with Gasteiger partial charge in [-0.05, 0) is 44.0 Å². The Morgan fingerprint density at radius 1 is 1.35 bits per heavy atom. The third-order valence-electron chi connectivity index (χ3n) is 2.74. The molecule has 0 unspecified atom stereocenters. The largest absolute Gasteiger partial charge is 0.491 e. The lowest BCUT2D eigenvalue weighted by atomic mass is 10.2. The van der Waals surface area contributed by atoms with Crippen LogP contribution in [0.3, 0.4) is 0 Å². The molecular formula is C17H25NO2. The molecule has 0 fully saturated rings. The molecule has 0 aromatic heterocycles. The fraction of sp³-hybridized carbons (Fsp3) is 0.471. The van der Waals surface area contributed by atoms with Crippen LogP contribution in [0, 0.1) is 0 Å². The van der Waals surface area contributed by atoms with Crippen LogP contribution in [0.5, 0.6) is 5.75 Å². The van der Waals surface area contributed by atoms with Crippen LogP contribution in [0.15, 0.2) is 30.3 Å². The maximum Gasteiger partial charge on any atom is 0.243 e. The number of rotatable bonds is 8. The number of unbranched alkanes of at least 4 members (excludes halogenated alkanes) is 2. The van der Waals surface area contributed by atoms with Crippen molar-refractivity contribution in [3.05, 3.63) is 35.9 Å². The van der Waals surface area contributed by atoms with Gasteiger partial charge in [0.1, 0.15) is 5.75 Å². The molecule has 1 aromatic rings. The highest BCUT2D eigenvalue weighted by molar-refractivity contribution is 5.91. The summed E-state index contributed by atoms with van der Waals surface area (Å²) in [6, 6.07) is 7.73. The lowest BCUT2D eigenvalue weighted by Crippen LogP contribution is -2.21.